The molecule has 1 rings (SSSR count). The topological polar surface area (TPSA) is 32.3 Å². The van der Waals surface area contributed by atoms with Crippen molar-refractivity contribution in [3.05, 3.63) is 0 Å². The van der Waals surface area contributed by atoms with Crippen LogP contribution in [0, 0.1) is 0 Å². The summed E-state index contributed by atoms with van der Waals surface area (Å²) in [7, 11) is 1.97. The lowest BCUT2D eigenvalue weighted by molar-refractivity contribution is -0.134. The van der Waals surface area contributed by atoms with Crippen LogP contribution in [0.2, 0.25) is 0 Å². The molecule has 100 valence electrons. The van der Waals surface area contributed by atoms with Crippen LogP contribution in [0.1, 0.15) is 58.3 Å². The Hall–Kier alpha value is -0.570. The molecule has 1 fully saturated rings. The van der Waals surface area contributed by atoms with Crippen LogP contribution < -0.4 is 5.32 Å². The Bertz CT molecular complexity index is 216. The van der Waals surface area contributed by atoms with E-state index in [-0.39, 0.29) is 0 Å². The zero-order valence-corrected chi connectivity index (χ0v) is 11.5. The van der Waals surface area contributed by atoms with E-state index in [1.807, 2.05) is 7.05 Å². The first kappa shape index (κ1) is 14.5. The predicted octanol–water partition coefficient (Wildman–Crippen LogP) is 2.56. The van der Waals surface area contributed by atoms with Crippen LogP contribution in [-0.2, 0) is 4.79 Å². The number of carbonyl (C=O) groups is 1. The number of nitrogens with one attached hydrogen (secondary N) is 1. The van der Waals surface area contributed by atoms with Gasteiger partial charge < -0.3 is 10.2 Å². The second-order valence-electron chi connectivity index (χ2n) is 5.11. The first-order valence-corrected chi connectivity index (χ1v) is 7.23. The molecule has 1 unspecified atom stereocenters. The van der Waals surface area contributed by atoms with Crippen molar-refractivity contribution in [1.82, 2.24) is 10.2 Å². The van der Waals surface area contributed by atoms with E-state index in [0.717, 1.165) is 25.9 Å². The highest BCUT2D eigenvalue weighted by Crippen LogP contribution is 2.18. The Balaban J connectivity index is 2.31. The second-order valence-corrected chi connectivity index (χ2v) is 5.11. The van der Waals surface area contributed by atoms with Gasteiger partial charge in [-0.05, 0) is 32.7 Å². The van der Waals surface area contributed by atoms with E-state index in [2.05, 4.69) is 17.1 Å². The van der Waals surface area contributed by atoms with Crippen LogP contribution in [0.3, 0.4) is 0 Å². The summed E-state index contributed by atoms with van der Waals surface area (Å²) in [4.78, 5) is 14.3. The molecule has 0 aromatic rings. The highest BCUT2D eigenvalue weighted by atomic mass is 16.2. The number of nitrogens with zero attached hydrogens (tertiary/aromatic N) is 1. The van der Waals surface area contributed by atoms with Gasteiger partial charge in [0.05, 0.1) is 0 Å². The molecule has 1 saturated heterocycles. The van der Waals surface area contributed by atoms with Crippen LogP contribution in [0.4, 0.5) is 0 Å². The van der Waals surface area contributed by atoms with Crippen molar-refractivity contribution in [2.75, 3.05) is 20.1 Å². The SMILES string of the molecule is CCCCCCC(=O)N1CCCCC1CNC. The summed E-state index contributed by atoms with van der Waals surface area (Å²) >= 11 is 0. The summed E-state index contributed by atoms with van der Waals surface area (Å²) in [6.07, 6.45) is 9.13. The van der Waals surface area contributed by atoms with E-state index in [0.29, 0.717) is 11.9 Å². The molecule has 17 heavy (non-hydrogen) atoms. The number of likely N-dealkylation sites (tertiary alicyclic amines) is 1. The van der Waals surface area contributed by atoms with Gasteiger partial charge in [-0.15, -0.1) is 0 Å². The molecule has 1 atom stereocenters. The van der Waals surface area contributed by atoms with Gasteiger partial charge in [-0.1, -0.05) is 26.2 Å². The Morgan fingerprint density at radius 3 is 2.82 bits per heavy atom. The number of piperidine rings is 1. The smallest absolute Gasteiger partial charge is 0.222 e. The molecule has 0 saturated carbocycles. The van der Waals surface area contributed by atoms with Crippen molar-refractivity contribution in [3.8, 4) is 0 Å². The average molecular weight is 240 g/mol. The van der Waals surface area contributed by atoms with E-state index < -0.39 is 0 Å². The van der Waals surface area contributed by atoms with Crippen molar-refractivity contribution in [1.29, 1.82) is 0 Å². The quantitative estimate of drug-likeness (QED) is 0.694. The molecule has 0 aromatic carbocycles. The third kappa shape index (κ3) is 5.07. The van der Waals surface area contributed by atoms with Crippen molar-refractivity contribution in [3.63, 3.8) is 0 Å². The molecule has 0 spiro atoms. The van der Waals surface area contributed by atoms with Gasteiger partial charge in [0.15, 0.2) is 0 Å². The van der Waals surface area contributed by atoms with Gasteiger partial charge in [-0.25, -0.2) is 0 Å². The molecule has 1 N–H and O–H groups in total. The standard InChI is InChI=1S/C14H28N2O/c1-3-4-5-6-10-14(17)16-11-8-7-9-13(16)12-15-2/h13,15H,3-12H2,1-2H3. The normalized spacial score (nSPS) is 20.6. The van der Waals surface area contributed by atoms with Crippen LogP contribution in [0.5, 0.6) is 0 Å². The summed E-state index contributed by atoms with van der Waals surface area (Å²) in [5, 5.41) is 3.20. The summed E-state index contributed by atoms with van der Waals surface area (Å²) in [6.45, 7) is 4.12. The van der Waals surface area contributed by atoms with Gasteiger partial charge in [-0.2, -0.15) is 0 Å². The minimum atomic E-state index is 0.376. The maximum absolute atomic E-state index is 12.1. The molecule has 3 heteroatoms. The Labute approximate surface area is 106 Å². The Morgan fingerprint density at radius 2 is 2.12 bits per heavy atom. The van der Waals surface area contributed by atoms with Crippen molar-refractivity contribution < 1.29 is 4.79 Å². The average Bonchev–Trinajstić information content (AvgIpc) is 2.35. The highest BCUT2D eigenvalue weighted by molar-refractivity contribution is 5.76. The summed E-state index contributed by atoms with van der Waals surface area (Å²) < 4.78 is 0. The monoisotopic (exact) mass is 240 g/mol. The molecule has 0 bridgehead atoms. The number of hydrogen-bond acceptors (Lipinski definition) is 2. The number of likely N-dealkylation sites (N-methyl/N-ethyl adjacent to an activating group) is 1. The first-order chi connectivity index (χ1) is 8.29. The van der Waals surface area contributed by atoms with E-state index in [4.69, 9.17) is 0 Å². The molecule has 0 aromatic heterocycles. The lowest BCUT2D eigenvalue weighted by Crippen LogP contribution is -2.47. The number of hydrogen-bond donors (Lipinski definition) is 1. The fourth-order valence-electron chi connectivity index (χ4n) is 2.62. The third-order valence-electron chi connectivity index (χ3n) is 3.63. The van der Waals surface area contributed by atoms with Gasteiger partial charge in [-0.3, -0.25) is 4.79 Å². The van der Waals surface area contributed by atoms with Crippen LogP contribution in [0.15, 0.2) is 0 Å². The molecule has 1 aliphatic heterocycles. The molecular formula is C14H28N2O. The number of amides is 1. The zero-order valence-electron chi connectivity index (χ0n) is 11.5. The van der Waals surface area contributed by atoms with Gasteiger partial charge in [0.1, 0.15) is 0 Å². The van der Waals surface area contributed by atoms with E-state index in [9.17, 15) is 4.79 Å². The number of rotatable bonds is 7. The Morgan fingerprint density at radius 1 is 1.29 bits per heavy atom. The minimum absolute atomic E-state index is 0.376. The van der Waals surface area contributed by atoms with Gasteiger partial charge in [0.2, 0.25) is 5.91 Å². The zero-order chi connectivity index (χ0) is 12.5. The lowest BCUT2D eigenvalue weighted by Gasteiger charge is -2.36. The first-order valence-electron chi connectivity index (χ1n) is 7.23. The van der Waals surface area contributed by atoms with E-state index in [1.54, 1.807) is 0 Å². The molecule has 0 radical (unpaired) electrons. The van der Waals surface area contributed by atoms with E-state index >= 15 is 0 Å². The molecular weight excluding hydrogens is 212 g/mol. The summed E-state index contributed by atoms with van der Waals surface area (Å²) in [5.41, 5.74) is 0. The van der Waals surface area contributed by atoms with Crippen molar-refractivity contribution >= 4 is 5.91 Å². The van der Waals surface area contributed by atoms with Gasteiger partial charge in [0.25, 0.3) is 0 Å². The molecule has 1 aliphatic rings. The largest absolute Gasteiger partial charge is 0.338 e. The maximum atomic E-state index is 12.1. The lowest BCUT2D eigenvalue weighted by atomic mass is 10.0. The molecule has 0 aliphatic carbocycles. The maximum Gasteiger partial charge on any atom is 0.222 e. The van der Waals surface area contributed by atoms with Crippen LogP contribution >= 0.6 is 0 Å². The fourth-order valence-corrected chi connectivity index (χ4v) is 2.62. The van der Waals surface area contributed by atoms with E-state index in [1.165, 1.54) is 38.5 Å². The summed E-state index contributed by atoms with van der Waals surface area (Å²) in [5.74, 6) is 0.376. The van der Waals surface area contributed by atoms with Gasteiger partial charge in [0, 0.05) is 25.6 Å². The predicted molar refractivity (Wildman–Crippen MR) is 72.0 cm³/mol. The van der Waals surface area contributed by atoms with Gasteiger partial charge >= 0.3 is 0 Å². The van der Waals surface area contributed by atoms with Crippen molar-refractivity contribution in [2.45, 2.75) is 64.3 Å². The van der Waals surface area contributed by atoms with Crippen LogP contribution in [0.25, 0.3) is 0 Å². The highest BCUT2D eigenvalue weighted by Gasteiger charge is 2.25. The Kier molecular flexibility index (Phi) is 7.25. The van der Waals surface area contributed by atoms with Crippen molar-refractivity contribution in [2.24, 2.45) is 0 Å². The molecule has 3 nitrogen and oxygen atoms in total. The minimum Gasteiger partial charge on any atom is -0.338 e. The summed E-state index contributed by atoms with van der Waals surface area (Å²) in [6, 6.07) is 0.437. The van der Waals surface area contributed by atoms with Crippen LogP contribution in [-0.4, -0.2) is 37.0 Å². The molecule has 1 amide bonds. The second kappa shape index (κ2) is 8.51. The fraction of sp³-hybridized carbons (Fsp3) is 0.929. The third-order valence-corrected chi connectivity index (χ3v) is 3.63. The number of unbranched alkanes of at least 4 members (excludes halogenated alkanes) is 3. The molecule has 1 heterocycles. The number of carbonyl (C=O) groups excluding carboxylic acids is 1.